The lowest BCUT2D eigenvalue weighted by Gasteiger charge is -2.15. The Labute approximate surface area is 205 Å². The highest BCUT2D eigenvalue weighted by atomic mass is 19.4. The predicted octanol–water partition coefficient (Wildman–Crippen LogP) is 2.70. The van der Waals surface area contributed by atoms with Gasteiger partial charge in [0.1, 0.15) is 31.3 Å². The Morgan fingerprint density at radius 2 is 1.64 bits per heavy atom. The van der Waals surface area contributed by atoms with E-state index >= 15 is 0 Å². The average Bonchev–Trinajstić information content (AvgIpc) is 2.85. The molecule has 1 aromatic heterocycles. The molecule has 0 aliphatic rings. The molecule has 0 atom stereocenters. The molecule has 0 saturated carbocycles. The topological polar surface area (TPSA) is 115 Å². The van der Waals surface area contributed by atoms with Crippen molar-refractivity contribution >= 4 is 28.4 Å². The van der Waals surface area contributed by atoms with Gasteiger partial charge >= 0.3 is 6.18 Å². The van der Waals surface area contributed by atoms with E-state index in [0.717, 1.165) is 22.2 Å². The third-order valence-corrected chi connectivity index (χ3v) is 4.31. The molecule has 1 heterocycles. The number of anilines is 2. The second-order valence-electron chi connectivity index (χ2n) is 6.86. The molecule has 0 aliphatic carbocycles. The van der Waals surface area contributed by atoms with E-state index in [1.54, 1.807) is 14.2 Å². The predicted molar refractivity (Wildman–Crippen MR) is 123 cm³/mol. The summed E-state index contributed by atoms with van der Waals surface area (Å²) in [7, 11) is 3.25. The van der Waals surface area contributed by atoms with Crippen LogP contribution in [0.1, 0.15) is 5.56 Å². The first-order valence-electron chi connectivity index (χ1n) is 10.3. The maximum absolute atomic E-state index is 10.5. The number of nitrogens with one attached hydrogen (secondary N) is 1. The number of alkyl halides is 3. The van der Waals surface area contributed by atoms with Crippen molar-refractivity contribution in [2.45, 2.75) is 6.18 Å². The molecule has 0 saturated heterocycles. The number of carboxylic acid groups (broad SMARTS) is 1. The monoisotopic (exact) mass is 506 g/mol. The van der Waals surface area contributed by atoms with E-state index in [0.29, 0.717) is 43.7 Å². The number of rotatable bonds is 10. The van der Waals surface area contributed by atoms with E-state index in [1.807, 2.05) is 36.4 Å². The summed E-state index contributed by atoms with van der Waals surface area (Å²) in [6.45, 7) is 1.73. The van der Waals surface area contributed by atoms with Gasteiger partial charge in [-0.15, -0.1) is 6.42 Å². The third-order valence-electron chi connectivity index (χ3n) is 4.31. The summed E-state index contributed by atoms with van der Waals surface area (Å²) < 4.78 is 53.4. The summed E-state index contributed by atoms with van der Waals surface area (Å²) in [4.78, 5) is 17.5. The van der Waals surface area contributed by atoms with E-state index in [9.17, 15) is 13.2 Å². The van der Waals surface area contributed by atoms with Crippen molar-refractivity contribution in [3.05, 3.63) is 48.3 Å². The molecule has 0 unspecified atom stereocenters. The van der Waals surface area contributed by atoms with Gasteiger partial charge in [0.25, 0.3) is 0 Å². The largest absolute Gasteiger partial charge is 0.542 e. The normalized spacial score (nSPS) is 10.7. The van der Waals surface area contributed by atoms with E-state index in [2.05, 4.69) is 21.2 Å². The fraction of sp³-hybridized carbons (Fsp3) is 0.292. The molecular weight excluding hydrogens is 483 g/mol. The van der Waals surface area contributed by atoms with Crippen LogP contribution in [0.3, 0.4) is 0 Å². The van der Waals surface area contributed by atoms with Crippen LogP contribution in [-0.4, -0.2) is 62.8 Å². The standard InChI is InChI=1S/C22H23N3O4.C2HF3O2/c1-4-16-6-5-7-17(12-16)25-22-18-13-20(28-10-8-26-2)21(29-11-9-27-3)14-19(18)23-15-24-22;3-2(4,5)1(6)7/h1,5-7,12-15H,8-11H2,2-3H3,(H,23,24,25);(H,6,7)/p-1. The van der Waals surface area contributed by atoms with Crippen molar-refractivity contribution in [3.8, 4) is 23.8 Å². The fourth-order valence-electron chi connectivity index (χ4n) is 2.68. The molecule has 0 radical (unpaired) electrons. The number of hydrogen-bond acceptors (Lipinski definition) is 9. The van der Waals surface area contributed by atoms with Gasteiger partial charge in [0.05, 0.1) is 18.7 Å². The van der Waals surface area contributed by atoms with E-state index in [-0.39, 0.29) is 0 Å². The number of hydrogen-bond donors (Lipinski definition) is 1. The number of aliphatic carboxylic acids is 1. The summed E-state index contributed by atoms with van der Waals surface area (Å²) in [5, 5.41) is 12.9. The molecule has 36 heavy (non-hydrogen) atoms. The zero-order valence-electron chi connectivity index (χ0n) is 19.4. The van der Waals surface area contributed by atoms with Crippen LogP contribution in [0.15, 0.2) is 42.7 Å². The number of carboxylic acids is 1. The van der Waals surface area contributed by atoms with Gasteiger partial charge in [0.2, 0.25) is 0 Å². The Morgan fingerprint density at radius 1 is 1.03 bits per heavy atom. The quantitative estimate of drug-likeness (QED) is 0.327. The van der Waals surface area contributed by atoms with Gasteiger partial charge in [-0.2, -0.15) is 13.2 Å². The summed E-state index contributed by atoms with van der Waals surface area (Å²) in [6, 6.07) is 11.3. The zero-order chi connectivity index (χ0) is 26.6. The van der Waals surface area contributed by atoms with Crippen molar-refractivity contribution in [1.29, 1.82) is 0 Å². The number of benzene rings is 2. The minimum atomic E-state index is -5.19. The van der Waals surface area contributed by atoms with E-state index in [1.165, 1.54) is 6.33 Å². The van der Waals surface area contributed by atoms with E-state index in [4.69, 9.17) is 35.3 Å². The number of ether oxygens (including phenoxy) is 4. The smallest absolute Gasteiger partial charge is 0.430 e. The molecule has 0 fully saturated rings. The van der Waals surface area contributed by atoms with Gasteiger partial charge in [-0.25, -0.2) is 9.97 Å². The Hall–Kier alpha value is -4.08. The minimum Gasteiger partial charge on any atom is -0.542 e. The van der Waals surface area contributed by atoms with Crippen molar-refractivity contribution in [3.63, 3.8) is 0 Å². The molecule has 0 bridgehead atoms. The first-order valence-corrected chi connectivity index (χ1v) is 10.3. The van der Waals surface area contributed by atoms with Gasteiger partial charge in [-0.3, -0.25) is 0 Å². The molecular formula is C24H23F3N3O6-. The van der Waals surface area contributed by atoms with Gasteiger partial charge in [-0.1, -0.05) is 12.0 Å². The SMILES string of the molecule is C#Cc1cccc(Nc2ncnc3cc(OCCOC)c(OCCOC)cc23)c1.O=C([O-])C(F)(F)F. The van der Waals surface area contributed by atoms with Crippen LogP contribution in [0, 0.1) is 12.3 Å². The van der Waals surface area contributed by atoms with Crippen molar-refractivity contribution in [1.82, 2.24) is 9.97 Å². The van der Waals surface area contributed by atoms with Crippen LogP contribution in [0.4, 0.5) is 24.7 Å². The van der Waals surface area contributed by atoms with Crippen molar-refractivity contribution in [2.75, 3.05) is 46.0 Å². The maximum Gasteiger partial charge on any atom is 0.430 e. The number of fused-ring (bicyclic) bond motifs is 1. The first kappa shape index (κ1) is 28.2. The summed E-state index contributed by atoms with van der Waals surface area (Å²) in [5.41, 5.74) is 2.34. The van der Waals surface area contributed by atoms with Crippen LogP contribution >= 0.6 is 0 Å². The molecule has 0 spiro atoms. The first-order chi connectivity index (χ1) is 17.2. The molecule has 1 N–H and O–H groups in total. The Balaban J connectivity index is 0.000000572. The molecule has 3 aromatic rings. The Morgan fingerprint density at radius 3 is 2.19 bits per heavy atom. The van der Waals surface area contributed by atoms with Crippen LogP contribution in [-0.2, 0) is 14.3 Å². The van der Waals surface area contributed by atoms with Crippen LogP contribution in [0.5, 0.6) is 11.5 Å². The highest BCUT2D eigenvalue weighted by Gasteiger charge is 2.28. The summed E-state index contributed by atoms with van der Waals surface area (Å²) in [6.07, 6.45) is 1.80. The molecule has 192 valence electrons. The average molecular weight is 506 g/mol. The molecule has 9 nitrogen and oxygen atoms in total. The Bertz CT molecular complexity index is 1200. The highest BCUT2D eigenvalue weighted by molar-refractivity contribution is 5.93. The van der Waals surface area contributed by atoms with Gasteiger partial charge < -0.3 is 34.2 Å². The number of aromatic nitrogens is 2. The lowest BCUT2D eigenvalue weighted by molar-refractivity contribution is -0.344. The lowest BCUT2D eigenvalue weighted by atomic mass is 10.2. The lowest BCUT2D eigenvalue weighted by Crippen LogP contribution is -2.37. The summed E-state index contributed by atoms with van der Waals surface area (Å²) in [5.74, 6) is 1.44. The number of nitrogens with zero attached hydrogens (tertiary/aromatic N) is 2. The molecule has 0 amide bonds. The molecule has 12 heteroatoms. The van der Waals surface area contributed by atoms with Gasteiger partial charge in [0, 0.05) is 36.9 Å². The van der Waals surface area contributed by atoms with Gasteiger partial charge in [-0.05, 0) is 24.3 Å². The van der Waals surface area contributed by atoms with Crippen molar-refractivity contribution in [2.24, 2.45) is 0 Å². The second kappa shape index (κ2) is 13.7. The van der Waals surface area contributed by atoms with Crippen LogP contribution in [0.2, 0.25) is 0 Å². The fourth-order valence-corrected chi connectivity index (χ4v) is 2.68. The Kier molecular flexibility index (Phi) is 10.7. The van der Waals surface area contributed by atoms with Crippen molar-refractivity contribution < 1.29 is 42.0 Å². The van der Waals surface area contributed by atoms with E-state index < -0.39 is 12.1 Å². The third kappa shape index (κ3) is 8.61. The second-order valence-corrected chi connectivity index (χ2v) is 6.86. The number of halogens is 3. The number of terminal acetylenes is 1. The molecule has 2 aromatic carbocycles. The minimum absolute atomic E-state index is 0.392. The van der Waals surface area contributed by atoms with Crippen LogP contribution in [0.25, 0.3) is 10.9 Å². The molecule has 0 aliphatic heterocycles. The highest BCUT2D eigenvalue weighted by Crippen LogP contribution is 2.35. The maximum atomic E-state index is 10.5. The number of methoxy groups -OCH3 is 2. The zero-order valence-corrected chi connectivity index (χ0v) is 19.4. The number of carbonyl (C=O) groups is 1. The van der Waals surface area contributed by atoms with Crippen LogP contribution < -0.4 is 19.9 Å². The summed E-state index contributed by atoms with van der Waals surface area (Å²) >= 11 is 0. The number of carbonyl (C=O) groups excluding carboxylic acids is 1. The molecule has 3 rings (SSSR count). The van der Waals surface area contributed by atoms with Gasteiger partial charge in [0.15, 0.2) is 11.5 Å².